The van der Waals surface area contributed by atoms with Gasteiger partial charge in [-0.3, -0.25) is 0 Å². The van der Waals surface area contributed by atoms with Gasteiger partial charge in [0.15, 0.2) is 11.6 Å². The van der Waals surface area contributed by atoms with Crippen LogP contribution >= 0.6 is 11.3 Å². The summed E-state index contributed by atoms with van der Waals surface area (Å²) < 4.78 is 19.5. The van der Waals surface area contributed by atoms with Crippen LogP contribution in [0.3, 0.4) is 0 Å². The largest absolute Gasteiger partial charge is 0.484 e. The quantitative estimate of drug-likeness (QED) is 0.847. The van der Waals surface area contributed by atoms with Crippen molar-refractivity contribution >= 4 is 11.3 Å². The lowest BCUT2D eigenvalue weighted by Gasteiger charge is -2.08. The molecule has 0 spiro atoms. The maximum atomic E-state index is 14.0. The number of hydrogen-bond donors (Lipinski definition) is 1. The number of thiazole rings is 1. The predicted octanol–water partition coefficient (Wildman–Crippen LogP) is 3.68. The van der Waals surface area contributed by atoms with Gasteiger partial charge in [0.1, 0.15) is 6.61 Å². The van der Waals surface area contributed by atoms with Gasteiger partial charge in [0.2, 0.25) is 0 Å². The number of nitrogens with one attached hydrogen (secondary N) is 1. The van der Waals surface area contributed by atoms with Gasteiger partial charge in [-0.2, -0.15) is 0 Å². The van der Waals surface area contributed by atoms with Crippen molar-refractivity contribution in [2.24, 2.45) is 0 Å². The molecule has 112 valence electrons. The van der Waals surface area contributed by atoms with Gasteiger partial charge in [-0.25, -0.2) is 9.37 Å². The fourth-order valence-electron chi connectivity index (χ4n) is 2.05. The molecule has 1 aliphatic rings. The molecule has 0 bridgehead atoms. The van der Waals surface area contributed by atoms with Gasteiger partial charge < -0.3 is 10.1 Å². The smallest absolute Gasteiger partial charge is 0.165 e. The molecule has 1 saturated carbocycles. The fourth-order valence-corrected chi connectivity index (χ4v) is 2.78. The van der Waals surface area contributed by atoms with Gasteiger partial charge in [0.25, 0.3) is 0 Å². The highest BCUT2D eigenvalue weighted by atomic mass is 32.1. The lowest BCUT2D eigenvalue weighted by Crippen LogP contribution is -2.15. The van der Waals surface area contributed by atoms with E-state index < -0.39 is 0 Å². The highest BCUT2D eigenvalue weighted by molar-refractivity contribution is 7.09. The molecular formula is C16H19FN2OS. The van der Waals surface area contributed by atoms with Gasteiger partial charge in [0.05, 0.1) is 10.7 Å². The summed E-state index contributed by atoms with van der Waals surface area (Å²) in [7, 11) is 0. The Morgan fingerprint density at radius 3 is 2.95 bits per heavy atom. The number of ether oxygens (including phenoxy) is 1. The number of aromatic nitrogens is 1. The summed E-state index contributed by atoms with van der Waals surface area (Å²) in [6.07, 6.45) is 3.38. The third-order valence-electron chi connectivity index (χ3n) is 3.45. The minimum atomic E-state index is -0.309. The van der Waals surface area contributed by atoms with Crippen molar-refractivity contribution in [1.29, 1.82) is 0 Å². The van der Waals surface area contributed by atoms with Crippen LogP contribution in [0.1, 0.15) is 36.0 Å². The SMILES string of the molecule is CCc1nc(COc2ccc(CNC3CC3)cc2F)cs1. The van der Waals surface area contributed by atoms with Gasteiger partial charge in [0, 0.05) is 18.0 Å². The Labute approximate surface area is 128 Å². The Bertz CT molecular complexity index is 610. The van der Waals surface area contributed by atoms with Crippen molar-refractivity contribution in [1.82, 2.24) is 10.3 Å². The molecule has 2 aromatic rings. The molecule has 0 unspecified atom stereocenters. The zero-order chi connectivity index (χ0) is 14.7. The van der Waals surface area contributed by atoms with Crippen molar-refractivity contribution in [3.8, 4) is 5.75 Å². The Balaban J connectivity index is 1.56. The van der Waals surface area contributed by atoms with Crippen LogP contribution in [-0.4, -0.2) is 11.0 Å². The normalized spacial score (nSPS) is 14.4. The number of rotatable bonds is 7. The summed E-state index contributed by atoms with van der Waals surface area (Å²) >= 11 is 1.61. The lowest BCUT2D eigenvalue weighted by molar-refractivity contribution is 0.286. The summed E-state index contributed by atoms with van der Waals surface area (Å²) in [5.74, 6) is -0.0211. The molecular weight excluding hydrogens is 287 g/mol. The molecule has 1 heterocycles. The van der Waals surface area contributed by atoms with Crippen LogP contribution in [0.25, 0.3) is 0 Å². The van der Waals surface area contributed by atoms with Crippen LogP contribution < -0.4 is 10.1 Å². The molecule has 0 saturated heterocycles. The first-order valence-corrected chi connectivity index (χ1v) is 8.20. The monoisotopic (exact) mass is 306 g/mol. The number of nitrogens with zero attached hydrogens (tertiary/aromatic N) is 1. The Morgan fingerprint density at radius 1 is 1.43 bits per heavy atom. The number of aryl methyl sites for hydroxylation is 1. The molecule has 1 aromatic heterocycles. The average Bonchev–Trinajstić information content (AvgIpc) is 3.21. The molecule has 1 fully saturated rings. The minimum Gasteiger partial charge on any atom is -0.484 e. The summed E-state index contributed by atoms with van der Waals surface area (Å²) in [5.41, 5.74) is 1.81. The summed E-state index contributed by atoms with van der Waals surface area (Å²) in [5, 5.41) is 6.41. The second kappa shape index (κ2) is 6.54. The van der Waals surface area contributed by atoms with Gasteiger partial charge in [-0.05, 0) is 37.0 Å². The van der Waals surface area contributed by atoms with E-state index in [1.54, 1.807) is 23.5 Å². The summed E-state index contributed by atoms with van der Waals surface area (Å²) in [6.45, 7) is 3.10. The molecule has 5 heteroatoms. The Kier molecular flexibility index (Phi) is 4.51. The zero-order valence-corrected chi connectivity index (χ0v) is 12.9. The van der Waals surface area contributed by atoms with E-state index in [0.29, 0.717) is 19.2 Å². The third-order valence-corrected chi connectivity index (χ3v) is 4.49. The molecule has 1 aliphatic carbocycles. The Hall–Kier alpha value is -1.46. The maximum Gasteiger partial charge on any atom is 0.165 e. The van der Waals surface area contributed by atoms with Crippen molar-refractivity contribution in [2.45, 2.75) is 45.4 Å². The number of hydrogen-bond acceptors (Lipinski definition) is 4. The van der Waals surface area contributed by atoms with E-state index >= 15 is 0 Å². The topological polar surface area (TPSA) is 34.1 Å². The summed E-state index contributed by atoms with van der Waals surface area (Å²) in [6, 6.07) is 5.78. The molecule has 0 atom stereocenters. The fraction of sp³-hybridized carbons (Fsp3) is 0.438. The summed E-state index contributed by atoms with van der Waals surface area (Å²) in [4.78, 5) is 4.41. The van der Waals surface area contributed by atoms with E-state index in [1.807, 2.05) is 11.4 Å². The van der Waals surface area contributed by atoms with Crippen LogP contribution in [0.4, 0.5) is 4.39 Å². The van der Waals surface area contributed by atoms with Crippen molar-refractivity contribution in [3.63, 3.8) is 0 Å². The van der Waals surface area contributed by atoms with Crippen molar-refractivity contribution in [3.05, 3.63) is 45.7 Å². The molecule has 1 aromatic carbocycles. The first-order valence-electron chi connectivity index (χ1n) is 7.32. The first kappa shape index (κ1) is 14.5. The van der Waals surface area contributed by atoms with E-state index in [4.69, 9.17) is 4.74 Å². The molecule has 21 heavy (non-hydrogen) atoms. The predicted molar refractivity (Wildman–Crippen MR) is 82.1 cm³/mol. The first-order chi connectivity index (χ1) is 10.2. The van der Waals surface area contributed by atoms with E-state index in [9.17, 15) is 4.39 Å². The number of halogens is 1. The lowest BCUT2D eigenvalue weighted by atomic mass is 10.2. The van der Waals surface area contributed by atoms with E-state index in [-0.39, 0.29) is 11.6 Å². The van der Waals surface area contributed by atoms with Crippen LogP contribution in [0.15, 0.2) is 23.6 Å². The van der Waals surface area contributed by atoms with E-state index in [0.717, 1.165) is 22.7 Å². The van der Waals surface area contributed by atoms with Crippen LogP contribution in [0, 0.1) is 5.82 Å². The van der Waals surface area contributed by atoms with E-state index in [2.05, 4.69) is 17.2 Å². The third kappa shape index (κ3) is 4.02. The Morgan fingerprint density at radius 2 is 2.29 bits per heavy atom. The van der Waals surface area contributed by atoms with Crippen LogP contribution in [0.5, 0.6) is 5.75 Å². The molecule has 3 nitrogen and oxygen atoms in total. The standard InChI is InChI=1S/C16H19FN2OS/c1-2-16-19-13(10-21-16)9-20-15-6-3-11(7-14(15)17)8-18-12-4-5-12/h3,6-7,10,12,18H,2,4-5,8-9H2,1H3. The zero-order valence-electron chi connectivity index (χ0n) is 12.1. The molecule has 0 radical (unpaired) electrons. The molecule has 0 amide bonds. The second-order valence-corrected chi connectivity index (χ2v) is 6.24. The maximum absolute atomic E-state index is 14.0. The number of benzene rings is 1. The highest BCUT2D eigenvalue weighted by Gasteiger charge is 2.20. The molecule has 1 N–H and O–H groups in total. The van der Waals surface area contributed by atoms with Crippen LogP contribution in [0.2, 0.25) is 0 Å². The van der Waals surface area contributed by atoms with Gasteiger partial charge in [-0.1, -0.05) is 13.0 Å². The van der Waals surface area contributed by atoms with E-state index in [1.165, 1.54) is 12.8 Å². The minimum absolute atomic E-state index is 0.288. The second-order valence-electron chi connectivity index (χ2n) is 5.29. The van der Waals surface area contributed by atoms with Crippen molar-refractivity contribution < 1.29 is 9.13 Å². The van der Waals surface area contributed by atoms with Gasteiger partial charge >= 0.3 is 0 Å². The molecule has 3 rings (SSSR count). The average molecular weight is 306 g/mol. The van der Waals surface area contributed by atoms with Crippen molar-refractivity contribution in [2.75, 3.05) is 0 Å². The van der Waals surface area contributed by atoms with Gasteiger partial charge in [-0.15, -0.1) is 11.3 Å². The molecule has 0 aliphatic heterocycles. The van der Waals surface area contributed by atoms with Crippen LogP contribution in [-0.2, 0) is 19.6 Å². The highest BCUT2D eigenvalue weighted by Crippen LogP contribution is 2.22.